The molecule has 3 N–H and O–H groups in total. The van der Waals surface area contributed by atoms with Crippen molar-refractivity contribution in [2.45, 2.75) is 18.4 Å². The molecule has 1 atom stereocenters. The number of anilines is 1. The summed E-state index contributed by atoms with van der Waals surface area (Å²) in [5.41, 5.74) is 4.48. The number of benzene rings is 2. The fourth-order valence-electron chi connectivity index (χ4n) is 4.21. The monoisotopic (exact) mass is 494 g/mol. The van der Waals surface area contributed by atoms with Gasteiger partial charge in [0.05, 0.1) is 6.20 Å². The Morgan fingerprint density at radius 3 is 2.34 bits per heavy atom. The first-order valence-electron chi connectivity index (χ1n) is 11.1. The lowest BCUT2D eigenvalue weighted by Gasteiger charge is -2.16. The van der Waals surface area contributed by atoms with Gasteiger partial charge in [-0.2, -0.15) is 16.9 Å². The Hall–Kier alpha value is -3.79. The Kier molecular flexibility index (Phi) is 7.40. The fraction of sp³-hybridized carbons (Fsp3) is 0.280. The quantitative estimate of drug-likeness (QED) is 0.414. The first kappa shape index (κ1) is 24.3. The molecule has 1 aliphatic rings. The summed E-state index contributed by atoms with van der Waals surface area (Å²) in [7, 11) is 1.57. The molecule has 0 saturated heterocycles. The van der Waals surface area contributed by atoms with Crippen LogP contribution in [0.5, 0.6) is 0 Å². The minimum Gasteiger partial charge on any atom is -0.480 e. The smallest absolute Gasteiger partial charge is 0.412 e. The Labute approximate surface area is 206 Å². The van der Waals surface area contributed by atoms with Crippen LogP contribution < -0.4 is 10.6 Å². The van der Waals surface area contributed by atoms with Crippen LogP contribution >= 0.6 is 11.8 Å². The van der Waals surface area contributed by atoms with Gasteiger partial charge >= 0.3 is 12.1 Å². The highest BCUT2D eigenvalue weighted by Crippen LogP contribution is 2.44. The largest absolute Gasteiger partial charge is 0.480 e. The van der Waals surface area contributed by atoms with E-state index in [4.69, 9.17) is 4.74 Å². The number of carbonyl (C=O) groups is 3. The molecule has 2 amide bonds. The standard InChI is InChI=1S/C25H26N4O5S/c1-29-22(19(13-26-29)23(30)27-21(24(31)32)11-12-35-2)28-25(33)34-14-20-17-9-5-3-7-15(17)16-8-4-6-10-18(16)20/h3-10,13,20-21H,11-12,14H2,1-2H3,(H,27,30)(H,28,33)(H,31,32)/t21-/m1/s1. The number of carbonyl (C=O) groups excluding carboxylic acids is 2. The minimum absolute atomic E-state index is 0.0522. The number of nitrogens with zero attached hydrogens (tertiary/aromatic N) is 2. The average molecular weight is 495 g/mol. The molecule has 0 unspecified atom stereocenters. The highest BCUT2D eigenvalue weighted by Gasteiger charge is 2.29. The van der Waals surface area contributed by atoms with Gasteiger partial charge in [-0.15, -0.1) is 0 Å². The van der Waals surface area contributed by atoms with Gasteiger partial charge in [0.25, 0.3) is 5.91 Å². The van der Waals surface area contributed by atoms with Crippen LogP contribution in [0.3, 0.4) is 0 Å². The fourth-order valence-corrected chi connectivity index (χ4v) is 4.68. The second kappa shape index (κ2) is 10.6. The van der Waals surface area contributed by atoms with Crippen molar-refractivity contribution >= 4 is 35.5 Å². The molecule has 1 aliphatic carbocycles. The van der Waals surface area contributed by atoms with Gasteiger partial charge in [-0.25, -0.2) is 9.59 Å². The lowest BCUT2D eigenvalue weighted by atomic mass is 9.98. The molecule has 1 heterocycles. The van der Waals surface area contributed by atoms with E-state index in [1.807, 2.05) is 42.7 Å². The number of amides is 2. The molecule has 2 aromatic carbocycles. The van der Waals surface area contributed by atoms with Crippen molar-refractivity contribution in [2.75, 3.05) is 23.9 Å². The van der Waals surface area contributed by atoms with Crippen LogP contribution in [0.1, 0.15) is 33.8 Å². The summed E-state index contributed by atoms with van der Waals surface area (Å²) in [6.45, 7) is 0.120. The maximum atomic E-state index is 12.8. The van der Waals surface area contributed by atoms with Crippen LogP contribution in [0, 0.1) is 0 Å². The van der Waals surface area contributed by atoms with Crippen LogP contribution in [-0.2, 0) is 16.6 Å². The van der Waals surface area contributed by atoms with Crippen molar-refractivity contribution < 1.29 is 24.2 Å². The predicted molar refractivity (Wildman–Crippen MR) is 134 cm³/mol. The number of thioether (sulfide) groups is 1. The van der Waals surface area contributed by atoms with Gasteiger partial charge in [0.2, 0.25) is 0 Å². The molecule has 35 heavy (non-hydrogen) atoms. The predicted octanol–water partition coefficient (Wildman–Crippen LogP) is 3.72. The van der Waals surface area contributed by atoms with Gasteiger partial charge in [-0.05, 0) is 40.7 Å². The van der Waals surface area contributed by atoms with E-state index < -0.39 is 24.0 Å². The molecule has 0 saturated carbocycles. The van der Waals surface area contributed by atoms with Crippen LogP contribution in [0.4, 0.5) is 10.6 Å². The molecule has 0 bridgehead atoms. The van der Waals surface area contributed by atoms with Crippen molar-refractivity contribution in [3.8, 4) is 11.1 Å². The number of aryl methyl sites for hydroxylation is 1. The zero-order valence-electron chi connectivity index (χ0n) is 19.4. The molecule has 10 heteroatoms. The van der Waals surface area contributed by atoms with Gasteiger partial charge in [0.1, 0.15) is 24.0 Å². The van der Waals surface area contributed by atoms with E-state index in [-0.39, 0.29) is 30.3 Å². The Morgan fingerprint density at radius 1 is 1.11 bits per heavy atom. The topological polar surface area (TPSA) is 123 Å². The Balaban J connectivity index is 1.44. The maximum absolute atomic E-state index is 12.8. The van der Waals surface area contributed by atoms with E-state index in [2.05, 4.69) is 27.9 Å². The van der Waals surface area contributed by atoms with E-state index in [0.29, 0.717) is 5.75 Å². The second-order valence-corrected chi connectivity index (χ2v) is 9.11. The molecule has 1 aromatic heterocycles. The summed E-state index contributed by atoms with van der Waals surface area (Å²) in [5.74, 6) is -1.17. The van der Waals surface area contributed by atoms with Gasteiger partial charge < -0.3 is 15.2 Å². The number of nitrogens with one attached hydrogen (secondary N) is 2. The number of carboxylic acids is 1. The van der Waals surface area contributed by atoms with Crippen LogP contribution in [0.2, 0.25) is 0 Å². The zero-order chi connectivity index (χ0) is 24.9. The van der Waals surface area contributed by atoms with Crippen molar-refractivity contribution in [2.24, 2.45) is 7.05 Å². The molecule has 0 aliphatic heterocycles. The Bertz CT molecular complexity index is 1210. The summed E-state index contributed by atoms with van der Waals surface area (Å²) in [6, 6.07) is 15.0. The molecule has 9 nitrogen and oxygen atoms in total. The van der Waals surface area contributed by atoms with Gasteiger partial charge in [-0.1, -0.05) is 48.5 Å². The van der Waals surface area contributed by atoms with Crippen molar-refractivity contribution in [3.05, 3.63) is 71.4 Å². The molecule has 3 aromatic rings. The zero-order valence-corrected chi connectivity index (χ0v) is 20.2. The number of aliphatic carboxylic acids is 1. The summed E-state index contributed by atoms with van der Waals surface area (Å²) in [4.78, 5) is 36.9. The molecular weight excluding hydrogens is 468 g/mol. The van der Waals surface area contributed by atoms with Gasteiger partial charge in [-0.3, -0.25) is 14.8 Å². The molecular formula is C25H26N4O5S. The third-order valence-electron chi connectivity index (χ3n) is 5.96. The number of rotatable bonds is 9. The SMILES string of the molecule is CSCC[C@@H](NC(=O)c1cnn(C)c1NC(=O)OCC1c2ccccc2-c2ccccc21)C(=O)O. The Morgan fingerprint density at radius 2 is 1.74 bits per heavy atom. The number of carboxylic acid groups (broad SMARTS) is 1. The third-order valence-corrected chi connectivity index (χ3v) is 6.61. The lowest BCUT2D eigenvalue weighted by Crippen LogP contribution is -2.41. The summed E-state index contributed by atoms with van der Waals surface area (Å²) < 4.78 is 6.88. The third kappa shape index (κ3) is 5.17. The van der Waals surface area contributed by atoms with E-state index in [1.54, 1.807) is 7.05 Å². The number of aromatic nitrogens is 2. The maximum Gasteiger partial charge on any atom is 0.412 e. The molecule has 0 fully saturated rings. The van der Waals surface area contributed by atoms with Gasteiger partial charge in [0, 0.05) is 13.0 Å². The summed E-state index contributed by atoms with van der Waals surface area (Å²) >= 11 is 1.49. The first-order valence-corrected chi connectivity index (χ1v) is 12.5. The average Bonchev–Trinajstić information content (AvgIpc) is 3.37. The van der Waals surface area contributed by atoms with Crippen LogP contribution in [0.15, 0.2) is 54.7 Å². The molecule has 182 valence electrons. The summed E-state index contributed by atoms with van der Waals surface area (Å²) in [5, 5.41) is 18.5. The number of hydrogen-bond donors (Lipinski definition) is 3. The molecule has 0 radical (unpaired) electrons. The molecule has 0 spiro atoms. The van der Waals surface area contributed by atoms with E-state index in [1.165, 1.54) is 22.6 Å². The highest BCUT2D eigenvalue weighted by molar-refractivity contribution is 7.98. The lowest BCUT2D eigenvalue weighted by molar-refractivity contribution is -0.139. The second-order valence-electron chi connectivity index (χ2n) is 8.13. The number of hydrogen-bond acceptors (Lipinski definition) is 6. The van der Waals surface area contributed by atoms with E-state index >= 15 is 0 Å². The minimum atomic E-state index is -1.12. The molecule has 4 rings (SSSR count). The van der Waals surface area contributed by atoms with Crippen LogP contribution in [0.25, 0.3) is 11.1 Å². The number of ether oxygens (including phenoxy) is 1. The number of fused-ring (bicyclic) bond motifs is 3. The van der Waals surface area contributed by atoms with Crippen molar-refractivity contribution in [1.29, 1.82) is 0 Å². The first-order chi connectivity index (χ1) is 16.9. The van der Waals surface area contributed by atoms with E-state index in [9.17, 15) is 19.5 Å². The highest BCUT2D eigenvalue weighted by atomic mass is 32.2. The normalized spacial score (nSPS) is 13.0. The van der Waals surface area contributed by atoms with Gasteiger partial charge in [0.15, 0.2) is 0 Å². The summed E-state index contributed by atoms with van der Waals surface area (Å²) in [6.07, 6.45) is 2.68. The van der Waals surface area contributed by atoms with Crippen molar-refractivity contribution in [1.82, 2.24) is 15.1 Å². The van der Waals surface area contributed by atoms with Crippen molar-refractivity contribution in [3.63, 3.8) is 0 Å². The van der Waals surface area contributed by atoms with Crippen LogP contribution in [-0.4, -0.2) is 57.5 Å². The van der Waals surface area contributed by atoms with E-state index in [0.717, 1.165) is 22.3 Å².